The Balaban J connectivity index is 1.35. The molecule has 34 heavy (non-hydrogen) atoms. The van der Waals surface area contributed by atoms with E-state index in [4.69, 9.17) is 16.6 Å². The zero-order chi connectivity index (χ0) is 23.8. The average molecular weight is 611 g/mol. The molecular weight excluding hydrogens is 582 g/mol. The first kappa shape index (κ1) is 24.7. The first-order valence-electron chi connectivity index (χ1n) is 12.2. The summed E-state index contributed by atoms with van der Waals surface area (Å²) in [5.41, 5.74) is 5.06. The number of hydroxylamine groups is 2. The van der Waals surface area contributed by atoms with Crippen LogP contribution in [0.1, 0.15) is 60.4 Å². The largest absolute Gasteiger partial charge is 0.785 e. The van der Waals surface area contributed by atoms with Gasteiger partial charge in [-0.05, 0) is 114 Å². The molecule has 5 rings (SSSR count). The highest BCUT2D eigenvalue weighted by atomic mass is 79.9. The minimum absolute atomic E-state index is 0.186. The van der Waals surface area contributed by atoms with Crippen LogP contribution in [0.3, 0.4) is 0 Å². The van der Waals surface area contributed by atoms with Crippen molar-refractivity contribution in [3.63, 3.8) is 0 Å². The summed E-state index contributed by atoms with van der Waals surface area (Å²) < 4.78 is 2.07. The first-order valence-corrected chi connectivity index (χ1v) is 14.2. The van der Waals surface area contributed by atoms with Crippen LogP contribution in [0.4, 0.5) is 0 Å². The number of rotatable bonds is 3. The number of pyridine rings is 1. The molecule has 0 N–H and O–H groups in total. The number of aryl methyl sites for hydroxylation is 2. The van der Waals surface area contributed by atoms with Crippen molar-refractivity contribution in [2.45, 2.75) is 50.9 Å². The van der Waals surface area contributed by atoms with Gasteiger partial charge in [0.25, 0.3) is 0 Å². The predicted molar refractivity (Wildman–Crippen MR) is 142 cm³/mol. The molecule has 1 amide bonds. The molecule has 0 saturated carbocycles. The molecule has 3 aliphatic rings. The summed E-state index contributed by atoms with van der Waals surface area (Å²) in [4.78, 5) is 20.0. The third-order valence-corrected chi connectivity index (χ3v) is 9.13. The van der Waals surface area contributed by atoms with E-state index in [1.807, 2.05) is 17.2 Å². The van der Waals surface area contributed by atoms with Crippen molar-refractivity contribution in [3.05, 3.63) is 66.0 Å². The van der Waals surface area contributed by atoms with Crippen LogP contribution >= 0.6 is 43.5 Å². The van der Waals surface area contributed by atoms with Crippen molar-refractivity contribution < 1.29 is 4.79 Å². The molecule has 0 bridgehead atoms. The van der Waals surface area contributed by atoms with Gasteiger partial charge in [-0.2, -0.15) is 0 Å². The SMILES string of the molecule is O=C(CC1CCN([O-])CC1)N1CCC(C2c3ncc(Br)cc3CCc3cc(Cl)cc(Br)c32)CC1. The van der Waals surface area contributed by atoms with Gasteiger partial charge in [0.2, 0.25) is 5.91 Å². The molecule has 8 heteroatoms. The van der Waals surface area contributed by atoms with Crippen molar-refractivity contribution in [1.82, 2.24) is 14.9 Å². The number of fused-ring (bicyclic) bond motifs is 2. The second-order valence-corrected chi connectivity index (χ2v) is 12.1. The second kappa shape index (κ2) is 10.6. The molecule has 5 nitrogen and oxygen atoms in total. The fourth-order valence-electron chi connectivity index (χ4n) is 6.00. The van der Waals surface area contributed by atoms with E-state index in [0.717, 1.165) is 70.6 Å². The fraction of sp³-hybridized carbons (Fsp3) is 0.538. The van der Waals surface area contributed by atoms with Crippen LogP contribution in [-0.2, 0) is 17.6 Å². The van der Waals surface area contributed by atoms with Gasteiger partial charge >= 0.3 is 0 Å². The number of hydrogen-bond acceptors (Lipinski definition) is 4. The molecule has 1 aromatic carbocycles. The van der Waals surface area contributed by atoms with Gasteiger partial charge < -0.3 is 15.2 Å². The summed E-state index contributed by atoms with van der Waals surface area (Å²) in [6, 6.07) is 6.33. The fourth-order valence-corrected chi connectivity index (χ4v) is 7.50. The van der Waals surface area contributed by atoms with Crippen molar-refractivity contribution in [2.24, 2.45) is 11.8 Å². The molecule has 1 aliphatic carbocycles. The van der Waals surface area contributed by atoms with Crippen LogP contribution in [0, 0.1) is 17.0 Å². The van der Waals surface area contributed by atoms with E-state index < -0.39 is 0 Å². The minimum atomic E-state index is 0.186. The Morgan fingerprint density at radius 1 is 1.03 bits per heavy atom. The molecule has 182 valence electrons. The van der Waals surface area contributed by atoms with Crippen molar-refractivity contribution >= 4 is 49.4 Å². The maximum atomic E-state index is 13.0. The van der Waals surface area contributed by atoms with Crippen molar-refractivity contribution in [3.8, 4) is 0 Å². The smallest absolute Gasteiger partial charge is 0.222 e. The number of carbonyl (C=O) groups is 1. The number of carbonyl (C=O) groups excluding carboxylic acids is 1. The van der Waals surface area contributed by atoms with Crippen LogP contribution in [0.15, 0.2) is 33.3 Å². The van der Waals surface area contributed by atoms with E-state index in [-0.39, 0.29) is 11.8 Å². The van der Waals surface area contributed by atoms with E-state index >= 15 is 0 Å². The van der Waals surface area contributed by atoms with Crippen molar-refractivity contribution in [1.29, 1.82) is 0 Å². The number of piperidine rings is 2. The quantitative estimate of drug-likeness (QED) is 0.408. The van der Waals surface area contributed by atoms with Gasteiger partial charge in [-0.1, -0.05) is 27.5 Å². The standard InChI is InChI=1S/C26H29Br2ClN3O2/c27-20-12-19-2-1-18-13-21(29)14-22(28)24(18)25(26(19)30-15-20)17-5-7-31(8-6-17)23(33)11-16-3-9-32(34)10-4-16/h12-17,25H,1-11H2/q-1. The maximum absolute atomic E-state index is 13.0. The minimum Gasteiger partial charge on any atom is -0.785 e. The highest BCUT2D eigenvalue weighted by Crippen LogP contribution is 2.46. The molecule has 2 fully saturated rings. The lowest BCUT2D eigenvalue weighted by atomic mass is 9.76. The number of benzene rings is 1. The van der Waals surface area contributed by atoms with Crippen LogP contribution in [0.2, 0.25) is 5.02 Å². The lowest BCUT2D eigenvalue weighted by Crippen LogP contribution is -2.41. The van der Waals surface area contributed by atoms with E-state index in [0.29, 0.717) is 31.3 Å². The van der Waals surface area contributed by atoms with Gasteiger partial charge in [0.05, 0.1) is 5.69 Å². The monoisotopic (exact) mass is 608 g/mol. The third kappa shape index (κ3) is 5.24. The van der Waals surface area contributed by atoms with Gasteiger partial charge in [0, 0.05) is 45.6 Å². The number of hydrogen-bond donors (Lipinski definition) is 0. The normalized spacial score (nSPS) is 22.2. The van der Waals surface area contributed by atoms with Crippen LogP contribution < -0.4 is 0 Å². The predicted octanol–water partition coefficient (Wildman–Crippen LogP) is 6.33. The third-order valence-electron chi connectivity index (χ3n) is 7.82. The number of halogens is 3. The topological polar surface area (TPSA) is 59.5 Å². The Kier molecular flexibility index (Phi) is 7.66. The van der Waals surface area contributed by atoms with E-state index in [1.54, 1.807) is 0 Å². The Morgan fingerprint density at radius 2 is 1.74 bits per heavy atom. The van der Waals surface area contributed by atoms with E-state index in [9.17, 15) is 10.0 Å². The summed E-state index contributed by atoms with van der Waals surface area (Å²) in [5, 5.41) is 13.3. The number of likely N-dealkylation sites (tertiary alicyclic amines) is 1. The zero-order valence-electron chi connectivity index (χ0n) is 19.1. The Hall–Kier alpha value is -0.990. The van der Waals surface area contributed by atoms with E-state index in [2.05, 4.69) is 44.0 Å². The molecular formula is C26H29Br2ClN3O2-. The average Bonchev–Trinajstić information content (AvgIpc) is 2.97. The number of nitrogens with zero attached hydrogens (tertiary/aromatic N) is 3. The lowest BCUT2D eigenvalue weighted by Gasteiger charge is -2.39. The molecule has 3 heterocycles. The molecule has 1 aromatic heterocycles. The van der Waals surface area contributed by atoms with E-state index in [1.165, 1.54) is 22.4 Å². The molecule has 1 atom stereocenters. The molecule has 1 unspecified atom stereocenters. The van der Waals surface area contributed by atoms with Crippen LogP contribution in [-0.4, -0.2) is 47.0 Å². The summed E-state index contributed by atoms with van der Waals surface area (Å²) in [6.45, 7) is 2.69. The van der Waals surface area contributed by atoms with Crippen LogP contribution in [0.5, 0.6) is 0 Å². The Bertz CT molecular complexity index is 1070. The summed E-state index contributed by atoms with van der Waals surface area (Å²) >= 11 is 13.9. The number of amides is 1. The van der Waals surface area contributed by atoms with Gasteiger partial charge in [0.15, 0.2) is 0 Å². The van der Waals surface area contributed by atoms with Crippen molar-refractivity contribution in [2.75, 3.05) is 26.2 Å². The Labute approximate surface area is 223 Å². The zero-order valence-corrected chi connectivity index (χ0v) is 23.0. The number of aromatic nitrogens is 1. The summed E-state index contributed by atoms with van der Waals surface area (Å²) in [7, 11) is 0. The summed E-state index contributed by atoms with van der Waals surface area (Å²) in [5.74, 6) is 1.19. The molecule has 2 aromatic rings. The molecule has 0 spiro atoms. The van der Waals surface area contributed by atoms with Crippen LogP contribution in [0.25, 0.3) is 0 Å². The Morgan fingerprint density at radius 3 is 2.47 bits per heavy atom. The molecule has 2 saturated heterocycles. The van der Waals surface area contributed by atoms with Gasteiger partial charge in [-0.3, -0.25) is 9.78 Å². The molecule has 2 aliphatic heterocycles. The van der Waals surface area contributed by atoms with Gasteiger partial charge in [-0.25, -0.2) is 0 Å². The molecule has 0 radical (unpaired) electrons. The second-order valence-electron chi connectivity index (χ2n) is 9.93. The lowest BCUT2D eigenvalue weighted by molar-refractivity contribution is -0.134. The van der Waals surface area contributed by atoms with Gasteiger partial charge in [-0.15, -0.1) is 0 Å². The first-order chi connectivity index (χ1) is 16.4. The maximum Gasteiger partial charge on any atom is 0.222 e. The highest BCUT2D eigenvalue weighted by molar-refractivity contribution is 9.10. The summed E-state index contributed by atoms with van der Waals surface area (Å²) in [6.07, 6.45) is 7.95. The van der Waals surface area contributed by atoms with Gasteiger partial charge in [0.1, 0.15) is 0 Å². The highest BCUT2D eigenvalue weighted by Gasteiger charge is 2.36.